The topological polar surface area (TPSA) is 138 Å². The number of likely N-dealkylation sites (tertiary alicyclic amines) is 1. The van der Waals surface area contributed by atoms with Crippen molar-refractivity contribution in [2.24, 2.45) is 11.7 Å². The van der Waals surface area contributed by atoms with Crippen LogP contribution in [0.5, 0.6) is 0 Å². The average Bonchev–Trinajstić information content (AvgIpc) is 3.26. The van der Waals surface area contributed by atoms with E-state index >= 15 is 0 Å². The minimum absolute atomic E-state index is 0.0628. The fourth-order valence-corrected chi connectivity index (χ4v) is 4.87. The van der Waals surface area contributed by atoms with E-state index < -0.39 is 36.2 Å². The first kappa shape index (κ1) is 27.4. The third-order valence-corrected chi connectivity index (χ3v) is 6.73. The Labute approximate surface area is 207 Å². The van der Waals surface area contributed by atoms with Crippen molar-refractivity contribution in [1.82, 2.24) is 10.2 Å². The maximum Gasteiger partial charge on any atom is 0.522 e. The van der Waals surface area contributed by atoms with E-state index in [1.165, 1.54) is 4.90 Å². The molecular weight excluding hydrogens is 479 g/mol. The molecular formula is C24H32F3N5O4. The quantitative estimate of drug-likeness (QED) is 0.378. The standard InChI is InChI=1S/C24H32F3N5O4/c1-2-14-10-19(23(35)31-15-6-5-7-16(11-15)36-24(25,26)27)32(13-14)20(33)12-30-18-9-4-3-8-17(18)21(28)22(29)34/h3-4,8-9,14-16,19,28,30H,2,5-7,10-13H2,1H3,(H2,29,34)(H,31,35). The number of halogens is 3. The van der Waals surface area contributed by atoms with Crippen molar-refractivity contribution in [3.63, 3.8) is 0 Å². The molecule has 5 N–H and O–H groups in total. The summed E-state index contributed by atoms with van der Waals surface area (Å²) in [5.74, 6) is -1.50. The van der Waals surface area contributed by atoms with Crippen LogP contribution >= 0.6 is 0 Å². The maximum absolute atomic E-state index is 13.1. The molecule has 1 aromatic carbocycles. The van der Waals surface area contributed by atoms with Crippen LogP contribution in [0.2, 0.25) is 0 Å². The van der Waals surface area contributed by atoms with Gasteiger partial charge in [0.1, 0.15) is 11.8 Å². The lowest BCUT2D eigenvalue weighted by Gasteiger charge is -2.32. The normalized spacial score (nSPS) is 24.3. The van der Waals surface area contributed by atoms with Crippen LogP contribution in [-0.4, -0.2) is 66.0 Å². The molecule has 2 fully saturated rings. The number of rotatable bonds is 9. The highest BCUT2D eigenvalue weighted by atomic mass is 19.4. The number of carbonyl (C=O) groups is 3. The fourth-order valence-electron chi connectivity index (χ4n) is 4.87. The predicted octanol–water partition coefficient (Wildman–Crippen LogP) is 2.54. The first-order valence-electron chi connectivity index (χ1n) is 12.0. The molecule has 2 aliphatic rings. The molecule has 36 heavy (non-hydrogen) atoms. The Morgan fingerprint density at radius 3 is 2.58 bits per heavy atom. The van der Waals surface area contributed by atoms with E-state index in [0.29, 0.717) is 31.5 Å². The Balaban J connectivity index is 1.64. The van der Waals surface area contributed by atoms with E-state index in [2.05, 4.69) is 15.4 Å². The van der Waals surface area contributed by atoms with Crippen LogP contribution in [0.25, 0.3) is 0 Å². The number of carbonyl (C=O) groups excluding carboxylic acids is 3. The zero-order valence-electron chi connectivity index (χ0n) is 20.1. The lowest BCUT2D eigenvalue weighted by atomic mass is 9.92. The van der Waals surface area contributed by atoms with Crippen LogP contribution in [0, 0.1) is 11.3 Å². The molecule has 0 aromatic heterocycles. The SMILES string of the molecule is CCC1CC(C(=O)NC2CCCC(OC(F)(F)F)C2)N(C(=O)CNc2ccccc2C(=N)C(N)=O)C1. The molecule has 3 rings (SSSR count). The number of primary amides is 1. The molecule has 1 aromatic rings. The molecule has 1 saturated carbocycles. The van der Waals surface area contributed by atoms with Crippen LogP contribution < -0.4 is 16.4 Å². The van der Waals surface area contributed by atoms with Crippen LogP contribution in [0.4, 0.5) is 18.9 Å². The number of anilines is 1. The van der Waals surface area contributed by atoms with Gasteiger partial charge in [-0.3, -0.25) is 24.5 Å². The number of nitrogens with zero attached hydrogens (tertiary/aromatic N) is 1. The molecule has 0 spiro atoms. The van der Waals surface area contributed by atoms with Crippen LogP contribution in [0.1, 0.15) is 51.0 Å². The number of nitrogens with two attached hydrogens (primary N) is 1. The van der Waals surface area contributed by atoms with Gasteiger partial charge in [-0.1, -0.05) is 31.5 Å². The molecule has 1 saturated heterocycles. The summed E-state index contributed by atoms with van der Waals surface area (Å²) in [7, 11) is 0. The number of amides is 3. The summed E-state index contributed by atoms with van der Waals surface area (Å²) in [6.45, 7) is 2.18. The number of benzene rings is 1. The van der Waals surface area contributed by atoms with E-state index in [1.54, 1.807) is 24.3 Å². The summed E-state index contributed by atoms with van der Waals surface area (Å²) in [5.41, 5.74) is 5.47. The molecule has 12 heteroatoms. The molecule has 1 aliphatic carbocycles. The second-order valence-corrected chi connectivity index (χ2v) is 9.27. The van der Waals surface area contributed by atoms with E-state index in [0.717, 1.165) is 6.42 Å². The Morgan fingerprint density at radius 1 is 1.19 bits per heavy atom. The zero-order valence-corrected chi connectivity index (χ0v) is 20.1. The summed E-state index contributed by atoms with van der Waals surface area (Å²) in [4.78, 5) is 39.1. The van der Waals surface area contributed by atoms with Crippen LogP contribution in [-0.2, 0) is 19.1 Å². The Bertz CT molecular complexity index is 987. The van der Waals surface area contributed by atoms with Crippen molar-refractivity contribution in [2.75, 3.05) is 18.4 Å². The number of ether oxygens (including phenoxy) is 1. The Hall–Kier alpha value is -3.15. The van der Waals surface area contributed by atoms with Crippen molar-refractivity contribution >= 4 is 29.1 Å². The predicted molar refractivity (Wildman–Crippen MR) is 126 cm³/mol. The van der Waals surface area contributed by atoms with Gasteiger partial charge in [-0.15, -0.1) is 13.2 Å². The van der Waals surface area contributed by atoms with Gasteiger partial charge in [0.25, 0.3) is 5.91 Å². The molecule has 198 valence electrons. The summed E-state index contributed by atoms with van der Waals surface area (Å²) >= 11 is 0. The highest BCUT2D eigenvalue weighted by molar-refractivity contribution is 6.44. The molecule has 0 bridgehead atoms. The van der Waals surface area contributed by atoms with E-state index in [9.17, 15) is 27.6 Å². The van der Waals surface area contributed by atoms with Crippen molar-refractivity contribution in [3.05, 3.63) is 29.8 Å². The fraction of sp³-hybridized carbons (Fsp3) is 0.583. The van der Waals surface area contributed by atoms with Gasteiger partial charge in [-0.25, -0.2) is 0 Å². The summed E-state index contributed by atoms with van der Waals surface area (Å²) in [6.07, 6.45) is -3.10. The molecule has 3 amide bonds. The van der Waals surface area contributed by atoms with Gasteiger partial charge in [-0.05, 0) is 44.1 Å². The van der Waals surface area contributed by atoms with Crippen LogP contribution in [0.3, 0.4) is 0 Å². The third kappa shape index (κ3) is 7.19. The Morgan fingerprint density at radius 2 is 1.92 bits per heavy atom. The van der Waals surface area contributed by atoms with Crippen molar-refractivity contribution < 1.29 is 32.3 Å². The first-order valence-corrected chi connectivity index (χ1v) is 12.0. The summed E-state index contributed by atoms with van der Waals surface area (Å²) in [6, 6.07) is 5.30. The average molecular weight is 512 g/mol. The molecule has 4 atom stereocenters. The maximum atomic E-state index is 13.1. The van der Waals surface area contributed by atoms with Crippen molar-refractivity contribution in [2.45, 2.75) is 70.0 Å². The van der Waals surface area contributed by atoms with Gasteiger partial charge in [0, 0.05) is 23.8 Å². The number of hydrogen-bond acceptors (Lipinski definition) is 6. The second-order valence-electron chi connectivity index (χ2n) is 9.27. The lowest BCUT2D eigenvalue weighted by molar-refractivity contribution is -0.345. The molecule has 9 nitrogen and oxygen atoms in total. The first-order chi connectivity index (χ1) is 17.0. The molecule has 1 heterocycles. The lowest BCUT2D eigenvalue weighted by Crippen LogP contribution is -2.51. The van der Waals surface area contributed by atoms with Gasteiger partial charge in [-0.2, -0.15) is 0 Å². The smallest absolute Gasteiger partial charge is 0.376 e. The van der Waals surface area contributed by atoms with E-state index in [4.69, 9.17) is 11.1 Å². The molecule has 4 unspecified atom stereocenters. The van der Waals surface area contributed by atoms with Gasteiger partial charge < -0.3 is 21.3 Å². The van der Waals surface area contributed by atoms with E-state index in [-0.39, 0.29) is 42.7 Å². The highest BCUT2D eigenvalue weighted by Gasteiger charge is 2.40. The highest BCUT2D eigenvalue weighted by Crippen LogP contribution is 2.30. The number of alkyl halides is 3. The van der Waals surface area contributed by atoms with Gasteiger partial charge in [0.2, 0.25) is 11.8 Å². The Kier molecular flexibility index (Phi) is 8.93. The minimum Gasteiger partial charge on any atom is -0.376 e. The number of nitrogens with one attached hydrogen (secondary N) is 3. The molecule has 1 aliphatic heterocycles. The van der Waals surface area contributed by atoms with Gasteiger partial charge in [0.15, 0.2) is 0 Å². The second kappa shape index (κ2) is 11.7. The van der Waals surface area contributed by atoms with Crippen LogP contribution in [0.15, 0.2) is 24.3 Å². The summed E-state index contributed by atoms with van der Waals surface area (Å²) in [5, 5.41) is 13.6. The number of hydrogen-bond donors (Lipinski definition) is 4. The van der Waals surface area contributed by atoms with Gasteiger partial charge >= 0.3 is 6.36 Å². The van der Waals surface area contributed by atoms with Crippen molar-refractivity contribution in [3.8, 4) is 0 Å². The number of para-hydroxylation sites is 1. The summed E-state index contributed by atoms with van der Waals surface area (Å²) < 4.78 is 42.0. The molecule has 0 radical (unpaired) electrons. The minimum atomic E-state index is -4.72. The van der Waals surface area contributed by atoms with Crippen molar-refractivity contribution in [1.29, 1.82) is 5.41 Å². The third-order valence-electron chi connectivity index (χ3n) is 6.73. The largest absolute Gasteiger partial charge is 0.522 e. The zero-order chi connectivity index (χ0) is 26.5. The van der Waals surface area contributed by atoms with Gasteiger partial charge in [0.05, 0.1) is 12.6 Å². The van der Waals surface area contributed by atoms with E-state index in [1.807, 2.05) is 6.92 Å². The monoisotopic (exact) mass is 511 g/mol.